The van der Waals surface area contributed by atoms with E-state index in [1.54, 1.807) is 5.49 Å². The summed E-state index contributed by atoms with van der Waals surface area (Å²) < 4.78 is 0. The maximum absolute atomic E-state index is 4.67. The number of rotatable bonds is 2. The number of likely N-dealkylation sites (N-methyl/N-ethyl adjacent to an activating group) is 1. The number of thiocarbonyl (C=S) groups is 1. The maximum atomic E-state index is 4.67. The van der Waals surface area contributed by atoms with Crippen molar-refractivity contribution in [3.05, 3.63) is 0 Å². The quantitative estimate of drug-likeness (QED) is 0.559. The van der Waals surface area contributed by atoms with Crippen LogP contribution in [-0.4, -0.2) is 36.6 Å². The molecule has 0 amide bonds. The van der Waals surface area contributed by atoms with E-state index < -0.39 is 0 Å². The van der Waals surface area contributed by atoms with Gasteiger partial charge in [-0.1, -0.05) is 12.2 Å². The van der Waals surface area contributed by atoms with Crippen LogP contribution in [-0.2, 0) is 0 Å². The lowest BCUT2D eigenvalue weighted by atomic mass is 10.3. The molecule has 1 rings (SSSR count). The van der Waals surface area contributed by atoms with Gasteiger partial charge in [-0.2, -0.15) is 0 Å². The molecule has 0 aromatic rings. The molecule has 1 aliphatic heterocycles. The van der Waals surface area contributed by atoms with Crippen LogP contribution in [0.15, 0.2) is 0 Å². The summed E-state index contributed by atoms with van der Waals surface area (Å²) in [7, 11) is 2.13. The van der Waals surface area contributed by atoms with Crippen molar-refractivity contribution >= 4 is 17.7 Å². The van der Waals surface area contributed by atoms with Gasteiger partial charge in [0.25, 0.3) is 0 Å². The van der Waals surface area contributed by atoms with E-state index in [-0.39, 0.29) is 0 Å². The Kier molecular flexibility index (Phi) is 2.42. The van der Waals surface area contributed by atoms with Crippen molar-refractivity contribution < 1.29 is 0 Å². The number of nitrogens with zero attached hydrogens (tertiary/aromatic N) is 1. The fourth-order valence-electron chi connectivity index (χ4n) is 1.17. The topological polar surface area (TPSA) is 15.3 Å². The molecule has 0 aromatic carbocycles. The number of nitrogens with one attached hydrogen (secondary N) is 1. The van der Waals surface area contributed by atoms with E-state index >= 15 is 0 Å². The molecule has 1 aliphatic rings. The van der Waals surface area contributed by atoms with Gasteiger partial charge in [-0.3, -0.25) is 0 Å². The van der Waals surface area contributed by atoms with Crippen LogP contribution in [0.3, 0.4) is 0 Å². The third-order valence-corrected chi connectivity index (χ3v) is 1.83. The van der Waals surface area contributed by atoms with Crippen molar-refractivity contribution in [1.29, 1.82) is 0 Å². The molecular formula is C6H12N2S. The van der Waals surface area contributed by atoms with E-state index in [0.717, 1.165) is 6.54 Å². The van der Waals surface area contributed by atoms with Crippen LogP contribution >= 0.6 is 12.2 Å². The first-order valence-electron chi connectivity index (χ1n) is 3.21. The Morgan fingerprint density at radius 2 is 2.56 bits per heavy atom. The molecule has 1 heterocycles. The molecule has 0 saturated carbocycles. The van der Waals surface area contributed by atoms with Crippen molar-refractivity contribution in [3.63, 3.8) is 0 Å². The van der Waals surface area contributed by atoms with E-state index in [1.165, 1.54) is 13.0 Å². The Bertz CT molecular complexity index is 105. The third-order valence-electron chi connectivity index (χ3n) is 1.70. The molecule has 9 heavy (non-hydrogen) atoms. The van der Waals surface area contributed by atoms with Crippen LogP contribution in [0.5, 0.6) is 0 Å². The van der Waals surface area contributed by atoms with Gasteiger partial charge in [0.05, 0.1) is 5.49 Å². The highest BCUT2D eigenvalue weighted by Crippen LogP contribution is 2.04. The predicted octanol–water partition coefficient (Wildman–Crippen LogP) is 0.237. The Labute approximate surface area is 61.2 Å². The minimum Gasteiger partial charge on any atom is -0.378 e. The van der Waals surface area contributed by atoms with Crippen LogP contribution in [0.2, 0.25) is 0 Å². The molecule has 1 saturated heterocycles. The average Bonchev–Trinajstić information content (AvgIpc) is 2.17. The monoisotopic (exact) mass is 144 g/mol. The van der Waals surface area contributed by atoms with Crippen molar-refractivity contribution in [2.75, 3.05) is 20.1 Å². The van der Waals surface area contributed by atoms with Gasteiger partial charge in [0.15, 0.2) is 0 Å². The lowest BCUT2D eigenvalue weighted by Crippen LogP contribution is -2.29. The highest BCUT2D eigenvalue weighted by atomic mass is 32.1. The van der Waals surface area contributed by atoms with Gasteiger partial charge in [0, 0.05) is 12.6 Å². The molecule has 1 atom stereocenters. The SMILES string of the molecule is CN1CCC(NC=S)C1. The normalized spacial score (nSPS) is 28.3. The van der Waals surface area contributed by atoms with Crippen LogP contribution in [0, 0.1) is 0 Å². The highest BCUT2D eigenvalue weighted by molar-refractivity contribution is 7.78. The second kappa shape index (κ2) is 3.13. The minimum atomic E-state index is 0.604. The summed E-state index contributed by atoms with van der Waals surface area (Å²) in [6.07, 6.45) is 1.23. The Morgan fingerprint density at radius 3 is 3.00 bits per heavy atom. The summed E-state index contributed by atoms with van der Waals surface area (Å²) in [6.45, 7) is 2.33. The lowest BCUT2D eigenvalue weighted by Gasteiger charge is -2.08. The van der Waals surface area contributed by atoms with Gasteiger partial charge in [-0.05, 0) is 20.0 Å². The molecular weight excluding hydrogens is 132 g/mol. The van der Waals surface area contributed by atoms with E-state index in [2.05, 4.69) is 29.5 Å². The predicted molar refractivity (Wildman–Crippen MR) is 42.7 cm³/mol. The molecule has 3 heteroatoms. The van der Waals surface area contributed by atoms with Gasteiger partial charge in [0.2, 0.25) is 0 Å². The zero-order valence-corrected chi connectivity index (χ0v) is 6.45. The summed E-state index contributed by atoms with van der Waals surface area (Å²) >= 11 is 4.67. The maximum Gasteiger partial charge on any atom is 0.0617 e. The summed E-state index contributed by atoms with van der Waals surface area (Å²) in [4.78, 5) is 2.30. The van der Waals surface area contributed by atoms with Crippen molar-refractivity contribution in [2.45, 2.75) is 12.5 Å². The smallest absolute Gasteiger partial charge is 0.0617 e. The van der Waals surface area contributed by atoms with Crippen LogP contribution < -0.4 is 5.32 Å². The highest BCUT2D eigenvalue weighted by Gasteiger charge is 2.16. The molecule has 0 radical (unpaired) electrons. The van der Waals surface area contributed by atoms with E-state index in [1.807, 2.05) is 0 Å². The van der Waals surface area contributed by atoms with Gasteiger partial charge in [-0.15, -0.1) is 0 Å². The molecule has 1 unspecified atom stereocenters. The van der Waals surface area contributed by atoms with E-state index in [9.17, 15) is 0 Å². The van der Waals surface area contributed by atoms with Crippen LogP contribution in [0.1, 0.15) is 6.42 Å². The molecule has 0 aromatic heterocycles. The average molecular weight is 144 g/mol. The first-order chi connectivity index (χ1) is 4.33. The Hall–Kier alpha value is -0.150. The van der Waals surface area contributed by atoms with Crippen LogP contribution in [0.4, 0.5) is 0 Å². The molecule has 0 spiro atoms. The summed E-state index contributed by atoms with van der Waals surface area (Å²) in [6, 6.07) is 0.604. The Balaban J connectivity index is 2.21. The number of hydrogen-bond acceptors (Lipinski definition) is 2. The summed E-state index contributed by atoms with van der Waals surface area (Å²) in [5.41, 5.74) is 1.61. The lowest BCUT2D eigenvalue weighted by molar-refractivity contribution is 0.408. The molecule has 52 valence electrons. The molecule has 1 fully saturated rings. The van der Waals surface area contributed by atoms with E-state index in [4.69, 9.17) is 0 Å². The second-order valence-electron chi connectivity index (χ2n) is 2.53. The van der Waals surface area contributed by atoms with Crippen molar-refractivity contribution in [3.8, 4) is 0 Å². The third kappa shape index (κ3) is 1.91. The first-order valence-corrected chi connectivity index (χ1v) is 3.68. The molecule has 0 bridgehead atoms. The van der Waals surface area contributed by atoms with Gasteiger partial charge >= 0.3 is 0 Å². The minimum absolute atomic E-state index is 0.604. The zero-order chi connectivity index (χ0) is 6.69. The fraction of sp³-hybridized carbons (Fsp3) is 0.833. The van der Waals surface area contributed by atoms with Crippen molar-refractivity contribution in [1.82, 2.24) is 10.2 Å². The molecule has 0 aliphatic carbocycles. The Morgan fingerprint density at radius 1 is 1.78 bits per heavy atom. The summed E-state index contributed by atoms with van der Waals surface area (Å²) in [5.74, 6) is 0. The zero-order valence-electron chi connectivity index (χ0n) is 5.63. The number of hydrogen-bond donors (Lipinski definition) is 1. The van der Waals surface area contributed by atoms with Crippen LogP contribution in [0.25, 0.3) is 0 Å². The fourth-order valence-corrected chi connectivity index (χ4v) is 1.36. The summed E-state index contributed by atoms with van der Waals surface area (Å²) in [5, 5.41) is 3.12. The van der Waals surface area contributed by atoms with E-state index in [0.29, 0.717) is 6.04 Å². The van der Waals surface area contributed by atoms with Gasteiger partial charge in [0.1, 0.15) is 0 Å². The largest absolute Gasteiger partial charge is 0.378 e. The van der Waals surface area contributed by atoms with Crippen molar-refractivity contribution in [2.24, 2.45) is 0 Å². The van der Waals surface area contributed by atoms with Gasteiger partial charge < -0.3 is 10.2 Å². The second-order valence-corrected chi connectivity index (χ2v) is 2.77. The first kappa shape index (κ1) is 6.96. The standard InChI is InChI=1S/C6H12N2S/c1-8-3-2-6(4-8)7-5-9/h5-6H,2-4H2,1H3,(H,7,9). The molecule has 1 N–H and O–H groups in total. The van der Waals surface area contributed by atoms with Gasteiger partial charge in [-0.25, -0.2) is 0 Å². The molecule has 2 nitrogen and oxygen atoms in total. The number of likely N-dealkylation sites (tertiary alicyclic amines) is 1.